The Morgan fingerprint density at radius 2 is 2.17 bits per heavy atom. The molecule has 1 aliphatic rings. The van der Waals surface area contributed by atoms with E-state index in [0.29, 0.717) is 31.1 Å². The molecule has 3 aromatic heterocycles. The summed E-state index contributed by atoms with van der Waals surface area (Å²) in [7, 11) is 3.70. The third-order valence-corrected chi connectivity index (χ3v) is 5.03. The minimum absolute atomic E-state index is 0.00300. The molecule has 0 aromatic carbocycles. The van der Waals surface area contributed by atoms with Crippen LogP contribution < -0.4 is 9.47 Å². The second kappa shape index (κ2) is 7.35. The molecule has 4 heterocycles. The van der Waals surface area contributed by atoms with Crippen LogP contribution >= 0.6 is 0 Å². The molecule has 29 heavy (non-hydrogen) atoms. The number of anilines is 1. The number of nitrogens with zero attached hydrogens (tertiary/aromatic N) is 9. The third-order valence-electron chi connectivity index (χ3n) is 5.03. The molecule has 0 saturated carbocycles. The molecular formula is C19H22N9O+. The molecular weight excluding hydrogens is 370 g/mol. The van der Waals surface area contributed by atoms with E-state index in [9.17, 15) is 10.1 Å². The maximum absolute atomic E-state index is 12.8. The summed E-state index contributed by atoms with van der Waals surface area (Å²) in [6.07, 6.45) is 10.5. The number of piperazine rings is 1. The van der Waals surface area contributed by atoms with E-state index in [4.69, 9.17) is 4.98 Å². The number of hydrogen-bond donors (Lipinski definition) is 0. The van der Waals surface area contributed by atoms with Gasteiger partial charge in [0.25, 0.3) is 6.33 Å². The molecule has 3 aromatic rings. The molecule has 10 heteroatoms. The van der Waals surface area contributed by atoms with Crippen molar-refractivity contribution in [1.29, 1.82) is 5.26 Å². The highest BCUT2D eigenvalue weighted by molar-refractivity contribution is 5.77. The number of hydrogen-bond acceptors (Lipinski definition) is 6. The highest BCUT2D eigenvalue weighted by Crippen LogP contribution is 2.24. The number of carbonyl (C=O) groups excluding carboxylic acids is 1. The van der Waals surface area contributed by atoms with Crippen LogP contribution in [-0.2, 0) is 14.1 Å². The topological polar surface area (TPSA) is 99.8 Å². The zero-order valence-corrected chi connectivity index (χ0v) is 16.6. The largest absolute Gasteiger partial charge is 0.416 e. The van der Waals surface area contributed by atoms with Crippen LogP contribution in [0, 0.1) is 11.3 Å². The molecule has 0 bridgehead atoms. The predicted molar refractivity (Wildman–Crippen MR) is 104 cm³/mol. The van der Waals surface area contributed by atoms with Crippen molar-refractivity contribution in [3.8, 4) is 17.3 Å². The zero-order valence-electron chi connectivity index (χ0n) is 16.6. The van der Waals surface area contributed by atoms with Gasteiger partial charge in [-0.2, -0.15) is 14.9 Å². The van der Waals surface area contributed by atoms with Crippen molar-refractivity contribution in [3.05, 3.63) is 43.0 Å². The van der Waals surface area contributed by atoms with E-state index < -0.39 is 0 Å². The summed E-state index contributed by atoms with van der Waals surface area (Å²) in [5, 5.41) is 13.6. The zero-order chi connectivity index (χ0) is 20.5. The normalized spacial score (nSPS) is 16.7. The lowest BCUT2D eigenvalue weighted by atomic mass is 10.2. The van der Waals surface area contributed by atoms with Crippen molar-refractivity contribution in [2.45, 2.75) is 13.0 Å². The predicted octanol–water partition coefficient (Wildman–Crippen LogP) is 0.554. The molecule has 1 fully saturated rings. The molecule has 1 atom stereocenters. The first kappa shape index (κ1) is 18.6. The highest BCUT2D eigenvalue weighted by atomic mass is 16.2. The van der Waals surface area contributed by atoms with Gasteiger partial charge in [-0.15, -0.1) is 0 Å². The van der Waals surface area contributed by atoms with E-state index in [1.165, 1.54) is 0 Å². The van der Waals surface area contributed by atoms with E-state index in [1.54, 1.807) is 34.2 Å². The lowest BCUT2D eigenvalue weighted by Crippen LogP contribution is -2.55. The van der Waals surface area contributed by atoms with Crippen LogP contribution in [0.1, 0.15) is 12.6 Å². The lowest BCUT2D eigenvalue weighted by Gasteiger charge is -2.39. The maximum Gasteiger partial charge on any atom is 0.416 e. The summed E-state index contributed by atoms with van der Waals surface area (Å²) in [6.45, 7) is 3.86. The Balaban J connectivity index is 1.55. The van der Waals surface area contributed by atoms with Crippen LogP contribution in [-0.4, -0.2) is 60.9 Å². The number of rotatable bonds is 2. The molecule has 0 radical (unpaired) electrons. The number of carbonyl (C=O) groups is 1. The number of imidazole rings is 1. The van der Waals surface area contributed by atoms with Gasteiger partial charge in [-0.05, 0) is 6.92 Å². The summed E-state index contributed by atoms with van der Waals surface area (Å²) in [5.74, 6) is 0.689. The van der Waals surface area contributed by atoms with E-state index in [-0.39, 0.29) is 17.8 Å². The minimum Gasteiger partial charge on any atom is -0.351 e. The van der Waals surface area contributed by atoms with Gasteiger partial charge < -0.3 is 4.90 Å². The van der Waals surface area contributed by atoms with Gasteiger partial charge in [0, 0.05) is 38.4 Å². The van der Waals surface area contributed by atoms with Crippen molar-refractivity contribution in [3.63, 3.8) is 0 Å². The number of nitriles is 1. The van der Waals surface area contributed by atoms with Crippen molar-refractivity contribution < 1.29 is 9.36 Å². The van der Waals surface area contributed by atoms with Crippen molar-refractivity contribution >= 4 is 11.8 Å². The molecule has 1 amide bonds. The Kier molecular flexibility index (Phi) is 4.72. The number of aryl methyl sites for hydroxylation is 2. The van der Waals surface area contributed by atoms with E-state index in [0.717, 1.165) is 5.56 Å². The smallest absolute Gasteiger partial charge is 0.351 e. The fourth-order valence-corrected chi connectivity index (χ4v) is 3.52. The minimum atomic E-state index is -0.0419. The summed E-state index contributed by atoms with van der Waals surface area (Å²) in [4.78, 5) is 25.7. The Bertz CT molecular complexity index is 1090. The fraction of sp³-hybridized carbons (Fsp3) is 0.368. The summed E-state index contributed by atoms with van der Waals surface area (Å²) >= 11 is 0. The number of aromatic nitrogens is 6. The quantitative estimate of drug-likeness (QED) is 0.591. The molecule has 0 aliphatic carbocycles. The highest BCUT2D eigenvalue weighted by Gasteiger charge is 2.32. The van der Waals surface area contributed by atoms with E-state index in [1.807, 2.05) is 42.9 Å². The second-order valence-electron chi connectivity index (χ2n) is 7.20. The van der Waals surface area contributed by atoms with Gasteiger partial charge in [0.05, 0.1) is 25.5 Å². The van der Waals surface area contributed by atoms with Gasteiger partial charge >= 0.3 is 6.03 Å². The van der Waals surface area contributed by atoms with Gasteiger partial charge in [-0.25, -0.2) is 19.3 Å². The van der Waals surface area contributed by atoms with E-state index in [2.05, 4.69) is 21.1 Å². The van der Waals surface area contributed by atoms with Crippen LogP contribution in [0.25, 0.3) is 11.3 Å². The maximum atomic E-state index is 12.8. The van der Waals surface area contributed by atoms with Gasteiger partial charge in [0.2, 0.25) is 0 Å². The van der Waals surface area contributed by atoms with Crippen molar-refractivity contribution in [2.24, 2.45) is 14.1 Å². The molecule has 1 unspecified atom stereocenters. The molecule has 1 aliphatic heterocycles. The first-order valence-electron chi connectivity index (χ1n) is 9.31. The first-order chi connectivity index (χ1) is 14.0. The monoisotopic (exact) mass is 392 g/mol. The summed E-state index contributed by atoms with van der Waals surface area (Å²) in [5.41, 5.74) is 1.54. The van der Waals surface area contributed by atoms with Gasteiger partial charge in [0.1, 0.15) is 30.0 Å². The van der Waals surface area contributed by atoms with Crippen molar-refractivity contribution in [1.82, 2.24) is 29.2 Å². The molecule has 1 saturated heterocycles. The Hall–Kier alpha value is -3.74. The van der Waals surface area contributed by atoms with Gasteiger partial charge in [-0.1, -0.05) is 0 Å². The van der Waals surface area contributed by atoms with Crippen LogP contribution in [0.2, 0.25) is 0 Å². The molecule has 148 valence electrons. The molecule has 0 spiro atoms. The van der Waals surface area contributed by atoms with Crippen LogP contribution in [0.15, 0.2) is 37.3 Å². The van der Waals surface area contributed by atoms with Crippen molar-refractivity contribution in [2.75, 3.05) is 24.5 Å². The summed E-state index contributed by atoms with van der Waals surface area (Å²) < 4.78 is 5.10. The molecule has 0 N–H and O–H groups in total. The SMILES string of the molecule is CC1CN(c2cnc(C#N)c(-c3cnn(C)c3)n2)CCN1C(=O)n1cc[n+](C)c1. The average molecular weight is 392 g/mol. The summed E-state index contributed by atoms with van der Waals surface area (Å²) in [6, 6.07) is 2.06. The fourth-order valence-electron chi connectivity index (χ4n) is 3.52. The first-order valence-corrected chi connectivity index (χ1v) is 9.31. The lowest BCUT2D eigenvalue weighted by molar-refractivity contribution is -0.670. The molecule has 4 rings (SSSR count). The van der Waals surface area contributed by atoms with Gasteiger partial charge in [0.15, 0.2) is 5.69 Å². The molecule has 10 nitrogen and oxygen atoms in total. The average Bonchev–Trinajstić information content (AvgIpc) is 3.35. The van der Waals surface area contributed by atoms with Gasteiger partial charge in [-0.3, -0.25) is 9.58 Å². The number of amides is 1. The Morgan fingerprint density at radius 1 is 1.34 bits per heavy atom. The second-order valence-corrected chi connectivity index (χ2v) is 7.20. The van der Waals surface area contributed by atoms with Crippen LogP contribution in [0.4, 0.5) is 10.6 Å². The Labute approximate surface area is 168 Å². The Morgan fingerprint density at radius 3 is 2.79 bits per heavy atom. The van der Waals surface area contributed by atoms with Crippen LogP contribution in [0.3, 0.4) is 0 Å². The van der Waals surface area contributed by atoms with Crippen LogP contribution in [0.5, 0.6) is 0 Å². The van der Waals surface area contributed by atoms with E-state index >= 15 is 0 Å². The third kappa shape index (κ3) is 3.54. The standard InChI is InChI=1S/C19H22N9O/c1-14-11-26(6-7-28(14)19(29)27-5-4-24(2)13-27)17-10-21-16(8-20)18(23-17)15-9-22-25(3)12-15/h4-5,9-10,12-14H,6-7,11H2,1-3H3/q+1.